The standard InChI is InChI=1S/C32H36ClN3O3/c1-5-28(35(21-20-22(3)4)32(38)29(33)23-12-8-7-9-13-23)30-34-27-15-11-10-14-26(27)31(37)36(30)24-16-18-25(19-17-24)39-6-2/h7-19,22,28-29H,5-6,20-21H2,1-4H3. The Hall–Kier alpha value is -3.64. The van der Waals surface area contributed by atoms with Gasteiger partial charge in [-0.25, -0.2) is 4.98 Å². The largest absolute Gasteiger partial charge is 0.494 e. The van der Waals surface area contributed by atoms with E-state index < -0.39 is 11.4 Å². The second-order valence-corrected chi connectivity index (χ2v) is 10.4. The van der Waals surface area contributed by atoms with Crippen molar-refractivity contribution in [3.63, 3.8) is 0 Å². The van der Waals surface area contributed by atoms with Gasteiger partial charge in [-0.05, 0) is 67.6 Å². The summed E-state index contributed by atoms with van der Waals surface area (Å²) in [5.41, 5.74) is 1.82. The van der Waals surface area contributed by atoms with Gasteiger partial charge in [0.2, 0.25) is 5.91 Å². The quantitative estimate of drug-likeness (QED) is 0.189. The zero-order valence-corrected chi connectivity index (χ0v) is 23.8. The number of hydrogen-bond acceptors (Lipinski definition) is 4. The molecule has 4 aromatic rings. The average Bonchev–Trinajstić information content (AvgIpc) is 2.95. The van der Waals surface area contributed by atoms with Gasteiger partial charge in [0.05, 0.1) is 29.2 Å². The lowest BCUT2D eigenvalue weighted by atomic mass is 10.0. The Morgan fingerprint density at radius 3 is 2.28 bits per heavy atom. The molecule has 0 saturated heterocycles. The molecule has 3 aromatic carbocycles. The molecule has 0 aliphatic rings. The van der Waals surface area contributed by atoms with Gasteiger partial charge in [0.1, 0.15) is 17.0 Å². The lowest BCUT2D eigenvalue weighted by Crippen LogP contribution is -2.41. The van der Waals surface area contributed by atoms with Crippen LogP contribution in [0.15, 0.2) is 83.7 Å². The molecule has 0 aliphatic heterocycles. The number of rotatable bonds is 11. The first-order chi connectivity index (χ1) is 18.8. The third kappa shape index (κ3) is 6.34. The molecule has 0 saturated carbocycles. The molecular formula is C32H36ClN3O3. The maximum absolute atomic E-state index is 14.0. The molecular weight excluding hydrogens is 510 g/mol. The van der Waals surface area contributed by atoms with Crippen LogP contribution >= 0.6 is 11.6 Å². The number of benzene rings is 3. The van der Waals surface area contributed by atoms with Crippen LogP contribution in [0, 0.1) is 5.92 Å². The Labute approximate surface area is 235 Å². The molecule has 0 aliphatic carbocycles. The number of halogens is 1. The molecule has 204 valence electrons. The highest BCUT2D eigenvalue weighted by atomic mass is 35.5. The smallest absolute Gasteiger partial charge is 0.266 e. The first-order valence-corrected chi connectivity index (χ1v) is 14.0. The Kier molecular flexibility index (Phi) is 9.41. The van der Waals surface area contributed by atoms with E-state index in [4.69, 9.17) is 21.3 Å². The summed E-state index contributed by atoms with van der Waals surface area (Å²) in [6.07, 6.45) is 1.35. The molecule has 0 bridgehead atoms. The number of amides is 1. The molecule has 2 atom stereocenters. The molecule has 0 N–H and O–H groups in total. The van der Waals surface area contributed by atoms with E-state index in [9.17, 15) is 9.59 Å². The topological polar surface area (TPSA) is 64.4 Å². The van der Waals surface area contributed by atoms with Crippen molar-refractivity contribution in [1.29, 1.82) is 0 Å². The summed E-state index contributed by atoms with van der Waals surface area (Å²) >= 11 is 6.79. The summed E-state index contributed by atoms with van der Waals surface area (Å²) in [6, 6.07) is 23.6. The number of nitrogens with zero attached hydrogens (tertiary/aromatic N) is 3. The fraction of sp³-hybridized carbons (Fsp3) is 0.344. The number of carbonyl (C=O) groups excluding carboxylic acids is 1. The van der Waals surface area contributed by atoms with Gasteiger partial charge in [-0.2, -0.15) is 0 Å². The van der Waals surface area contributed by atoms with Crippen LogP contribution in [-0.4, -0.2) is 33.5 Å². The molecule has 1 heterocycles. The Morgan fingerprint density at radius 1 is 0.974 bits per heavy atom. The fourth-order valence-corrected chi connectivity index (χ4v) is 5.02. The minimum atomic E-state index is -0.849. The first kappa shape index (κ1) is 28.4. The third-order valence-corrected chi connectivity index (χ3v) is 7.25. The zero-order valence-electron chi connectivity index (χ0n) is 23.0. The van der Waals surface area contributed by atoms with E-state index in [0.717, 1.165) is 17.7 Å². The monoisotopic (exact) mass is 545 g/mol. The zero-order chi connectivity index (χ0) is 27.9. The highest BCUT2D eigenvalue weighted by Crippen LogP contribution is 2.32. The Bertz CT molecular complexity index is 1450. The molecule has 0 fully saturated rings. The second kappa shape index (κ2) is 12.9. The van der Waals surface area contributed by atoms with Crippen LogP contribution in [-0.2, 0) is 4.79 Å². The second-order valence-electron chi connectivity index (χ2n) is 9.97. The minimum absolute atomic E-state index is 0.181. The van der Waals surface area contributed by atoms with Crippen LogP contribution < -0.4 is 10.3 Å². The van der Waals surface area contributed by atoms with Crippen LogP contribution in [0.1, 0.15) is 63.3 Å². The number of alkyl halides is 1. The normalized spacial score (nSPS) is 12.9. The van der Waals surface area contributed by atoms with Crippen LogP contribution in [0.5, 0.6) is 5.75 Å². The van der Waals surface area contributed by atoms with Crippen molar-refractivity contribution in [3.8, 4) is 11.4 Å². The number of aromatic nitrogens is 2. The maximum Gasteiger partial charge on any atom is 0.266 e. The molecule has 39 heavy (non-hydrogen) atoms. The summed E-state index contributed by atoms with van der Waals surface area (Å²) in [5, 5.41) is -0.330. The van der Waals surface area contributed by atoms with Crippen LogP contribution in [0.25, 0.3) is 16.6 Å². The molecule has 6 nitrogen and oxygen atoms in total. The Balaban J connectivity index is 1.88. The first-order valence-electron chi connectivity index (χ1n) is 13.6. The van der Waals surface area contributed by atoms with Crippen molar-refractivity contribution in [2.45, 2.75) is 52.0 Å². The number of carbonyl (C=O) groups is 1. The van der Waals surface area contributed by atoms with Crippen molar-refractivity contribution < 1.29 is 9.53 Å². The molecule has 0 radical (unpaired) electrons. The lowest BCUT2D eigenvalue weighted by Gasteiger charge is -2.34. The van der Waals surface area contributed by atoms with Crippen molar-refractivity contribution >= 4 is 28.4 Å². The predicted octanol–water partition coefficient (Wildman–Crippen LogP) is 7.09. The van der Waals surface area contributed by atoms with Gasteiger partial charge in [-0.15, -0.1) is 11.6 Å². The van der Waals surface area contributed by atoms with Crippen LogP contribution in [0.2, 0.25) is 0 Å². The van der Waals surface area contributed by atoms with E-state index >= 15 is 0 Å². The summed E-state index contributed by atoms with van der Waals surface area (Å²) in [7, 11) is 0. The van der Waals surface area contributed by atoms with Gasteiger partial charge >= 0.3 is 0 Å². The summed E-state index contributed by atoms with van der Waals surface area (Å²) in [4.78, 5) is 34.8. The van der Waals surface area contributed by atoms with Gasteiger partial charge < -0.3 is 9.64 Å². The number of para-hydroxylation sites is 1. The van der Waals surface area contributed by atoms with E-state index in [-0.39, 0.29) is 11.5 Å². The van der Waals surface area contributed by atoms with E-state index in [0.29, 0.717) is 47.9 Å². The number of ether oxygens (including phenoxy) is 1. The highest BCUT2D eigenvalue weighted by Gasteiger charge is 2.33. The lowest BCUT2D eigenvalue weighted by molar-refractivity contribution is -0.134. The van der Waals surface area contributed by atoms with Crippen molar-refractivity contribution in [2.75, 3.05) is 13.2 Å². The van der Waals surface area contributed by atoms with E-state index in [1.165, 1.54) is 0 Å². The summed E-state index contributed by atoms with van der Waals surface area (Å²) in [5.74, 6) is 1.41. The van der Waals surface area contributed by atoms with Crippen molar-refractivity contribution in [2.24, 2.45) is 5.92 Å². The summed E-state index contributed by atoms with van der Waals surface area (Å²) < 4.78 is 7.25. The molecule has 1 aromatic heterocycles. The van der Waals surface area contributed by atoms with E-state index in [2.05, 4.69) is 13.8 Å². The van der Waals surface area contributed by atoms with Gasteiger partial charge in [0.25, 0.3) is 5.56 Å². The molecule has 2 unspecified atom stereocenters. The van der Waals surface area contributed by atoms with Gasteiger partial charge in [0.15, 0.2) is 0 Å². The van der Waals surface area contributed by atoms with Gasteiger partial charge in [-0.1, -0.05) is 63.2 Å². The maximum atomic E-state index is 14.0. The molecule has 7 heteroatoms. The molecule has 0 spiro atoms. The molecule has 4 rings (SSSR count). The minimum Gasteiger partial charge on any atom is -0.494 e. The number of fused-ring (bicyclic) bond motifs is 1. The van der Waals surface area contributed by atoms with Crippen LogP contribution in [0.3, 0.4) is 0 Å². The number of hydrogen-bond donors (Lipinski definition) is 0. The van der Waals surface area contributed by atoms with E-state index in [1.807, 2.05) is 91.5 Å². The predicted molar refractivity (Wildman–Crippen MR) is 158 cm³/mol. The van der Waals surface area contributed by atoms with Crippen LogP contribution in [0.4, 0.5) is 0 Å². The SMILES string of the molecule is CCOc1ccc(-n2c(C(CC)N(CCC(C)C)C(=O)C(Cl)c3ccccc3)nc3ccccc3c2=O)cc1. The molecule has 1 amide bonds. The average molecular weight is 546 g/mol. The van der Waals surface area contributed by atoms with Gasteiger partial charge in [-0.3, -0.25) is 14.2 Å². The highest BCUT2D eigenvalue weighted by molar-refractivity contribution is 6.30. The third-order valence-electron chi connectivity index (χ3n) is 6.81. The van der Waals surface area contributed by atoms with Crippen molar-refractivity contribution in [3.05, 3.63) is 101 Å². The van der Waals surface area contributed by atoms with E-state index in [1.54, 1.807) is 10.6 Å². The van der Waals surface area contributed by atoms with Crippen molar-refractivity contribution in [1.82, 2.24) is 14.5 Å². The summed E-state index contributed by atoms with van der Waals surface area (Å²) in [6.45, 7) is 9.24. The van der Waals surface area contributed by atoms with Gasteiger partial charge in [0, 0.05) is 6.54 Å². The fourth-order valence-electron chi connectivity index (χ4n) is 4.75. The Morgan fingerprint density at radius 2 is 1.64 bits per heavy atom.